The fraction of sp³-hybridized carbons (Fsp3) is 0.333. The van der Waals surface area contributed by atoms with E-state index in [0.29, 0.717) is 11.7 Å². The van der Waals surface area contributed by atoms with E-state index in [1.165, 1.54) is 6.42 Å². The molecule has 1 saturated heterocycles. The van der Waals surface area contributed by atoms with Crippen molar-refractivity contribution in [2.24, 2.45) is 0 Å². The number of nitrogens with one attached hydrogen (secondary N) is 2. The highest BCUT2D eigenvalue weighted by Crippen LogP contribution is 2.16. The van der Waals surface area contributed by atoms with Crippen LogP contribution in [0, 0.1) is 0 Å². The average molecular weight is 384 g/mol. The van der Waals surface area contributed by atoms with Crippen LogP contribution in [0.3, 0.4) is 0 Å². The van der Waals surface area contributed by atoms with E-state index in [4.69, 9.17) is 17.0 Å². The minimum atomic E-state index is 0.111. The molecular formula is C21H25N3O2S. The van der Waals surface area contributed by atoms with Crippen LogP contribution in [-0.2, 0) is 6.54 Å². The van der Waals surface area contributed by atoms with Gasteiger partial charge in [0.2, 0.25) is 0 Å². The van der Waals surface area contributed by atoms with E-state index in [2.05, 4.69) is 10.6 Å². The lowest BCUT2D eigenvalue weighted by atomic mass is 10.1. The van der Waals surface area contributed by atoms with Crippen LogP contribution < -0.4 is 15.4 Å². The lowest BCUT2D eigenvalue weighted by Crippen LogP contribution is -2.35. The van der Waals surface area contributed by atoms with Gasteiger partial charge in [-0.15, -0.1) is 0 Å². The van der Waals surface area contributed by atoms with E-state index >= 15 is 0 Å². The van der Waals surface area contributed by atoms with Crippen molar-refractivity contribution in [3.63, 3.8) is 0 Å². The third-order valence-corrected chi connectivity index (χ3v) is 4.87. The van der Waals surface area contributed by atoms with Crippen LogP contribution in [-0.4, -0.2) is 36.1 Å². The molecular weight excluding hydrogens is 358 g/mol. The minimum Gasteiger partial charge on any atom is -0.497 e. The van der Waals surface area contributed by atoms with Gasteiger partial charge >= 0.3 is 0 Å². The van der Waals surface area contributed by atoms with Gasteiger partial charge in [-0.3, -0.25) is 4.79 Å². The molecule has 0 spiro atoms. The van der Waals surface area contributed by atoms with Crippen molar-refractivity contribution in [2.45, 2.75) is 25.8 Å². The molecule has 2 aromatic carbocycles. The quantitative estimate of drug-likeness (QED) is 0.769. The van der Waals surface area contributed by atoms with E-state index in [1.807, 2.05) is 53.4 Å². The zero-order chi connectivity index (χ0) is 19.1. The van der Waals surface area contributed by atoms with Crippen LogP contribution in [0.1, 0.15) is 35.2 Å². The van der Waals surface area contributed by atoms with E-state index in [1.54, 1.807) is 7.11 Å². The summed E-state index contributed by atoms with van der Waals surface area (Å²) in [4.78, 5) is 14.4. The van der Waals surface area contributed by atoms with Gasteiger partial charge in [-0.1, -0.05) is 12.1 Å². The van der Waals surface area contributed by atoms with Crippen LogP contribution >= 0.6 is 12.2 Å². The number of carbonyl (C=O) groups is 1. The number of piperidine rings is 1. The Balaban J connectivity index is 1.51. The van der Waals surface area contributed by atoms with Gasteiger partial charge in [0.25, 0.3) is 5.91 Å². The van der Waals surface area contributed by atoms with Crippen LogP contribution in [0.15, 0.2) is 48.5 Å². The Morgan fingerprint density at radius 1 is 1.11 bits per heavy atom. The Bertz CT molecular complexity index is 786. The molecule has 0 unspecified atom stereocenters. The van der Waals surface area contributed by atoms with Crippen molar-refractivity contribution < 1.29 is 9.53 Å². The van der Waals surface area contributed by atoms with Crippen molar-refractivity contribution >= 4 is 28.9 Å². The number of anilines is 1. The van der Waals surface area contributed by atoms with Crippen LogP contribution in [0.4, 0.5) is 5.69 Å². The molecule has 2 aromatic rings. The first-order valence-corrected chi connectivity index (χ1v) is 9.63. The van der Waals surface area contributed by atoms with Crippen molar-refractivity contribution in [1.29, 1.82) is 0 Å². The molecule has 1 amide bonds. The number of benzene rings is 2. The van der Waals surface area contributed by atoms with Gasteiger partial charge in [0.15, 0.2) is 5.11 Å². The first kappa shape index (κ1) is 19.2. The summed E-state index contributed by atoms with van der Waals surface area (Å²) in [5, 5.41) is 6.86. The third-order valence-electron chi connectivity index (χ3n) is 4.62. The predicted octanol–water partition coefficient (Wildman–Crippen LogP) is 3.81. The molecule has 1 aliphatic heterocycles. The monoisotopic (exact) mass is 383 g/mol. The Hall–Kier alpha value is -2.60. The highest BCUT2D eigenvalue weighted by atomic mass is 32.1. The molecule has 27 heavy (non-hydrogen) atoms. The fourth-order valence-electron chi connectivity index (χ4n) is 3.12. The number of hydrogen-bond acceptors (Lipinski definition) is 3. The first-order valence-electron chi connectivity index (χ1n) is 9.23. The Morgan fingerprint density at radius 2 is 1.85 bits per heavy atom. The molecule has 1 heterocycles. The number of carbonyl (C=O) groups excluding carboxylic acids is 1. The Morgan fingerprint density at radius 3 is 2.56 bits per heavy atom. The maximum atomic E-state index is 12.5. The molecule has 0 aliphatic carbocycles. The zero-order valence-corrected chi connectivity index (χ0v) is 16.3. The summed E-state index contributed by atoms with van der Waals surface area (Å²) in [6, 6.07) is 15.3. The van der Waals surface area contributed by atoms with Gasteiger partial charge in [0.05, 0.1) is 7.11 Å². The van der Waals surface area contributed by atoms with Crippen LogP contribution in [0.2, 0.25) is 0 Å². The summed E-state index contributed by atoms with van der Waals surface area (Å²) in [6.45, 7) is 2.32. The highest BCUT2D eigenvalue weighted by molar-refractivity contribution is 7.80. The van der Waals surface area contributed by atoms with E-state index < -0.39 is 0 Å². The third kappa shape index (κ3) is 5.44. The second kappa shape index (κ2) is 9.37. The topological polar surface area (TPSA) is 53.6 Å². The molecule has 6 heteroatoms. The molecule has 0 saturated carbocycles. The number of ether oxygens (including phenoxy) is 1. The number of nitrogens with zero attached hydrogens (tertiary/aromatic N) is 1. The molecule has 0 bridgehead atoms. The molecule has 0 aromatic heterocycles. The lowest BCUT2D eigenvalue weighted by Gasteiger charge is -2.26. The normalized spacial score (nSPS) is 13.7. The Kier molecular flexibility index (Phi) is 6.65. The molecule has 2 N–H and O–H groups in total. The van der Waals surface area contributed by atoms with Crippen molar-refractivity contribution in [3.8, 4) is 5.75 Å². The molecule has 1 fully saturated rings. The standard InChI is InChI=1S/C21H25N3O2S/c1-26-19-7-5-6-16(14-19)15-22-21(27)23-18-10-8-17(9-11-18)20(25)24-12-3-2-4-13-24/h5-11,14H,2-4,12-13,15H2,1H3,(H2,22,23,27). The molecule has 3 rings (SSSR count). The summed E-state index contributed by atoms with van der Waals surface area (Å²) in [7, 11) is 1.65. The molecule has 1 aliphatic rings. The van der Waals surface area contributed by atoms with Crippen molar-refractivity contribution in [3.05, 3.63) is 59.7 Å². The average Bonchev–Trinajstić information content (AvgIpc) is 2.73. The lowest BCUT2D eigenvalue weighted by molar-refractivity contribution is 0.0724. The second-order valence-electron chi connectivity index (χ2n) is 6.59. The van der Waals surface area contributed by atoms with Gasteiger partial charge in [-0.05, 0) is 73.4 Å². The number of amides is 1. The summed E-state index contributed by atoms with van der Waals surface area (Å²) in [5.41, 5.74) is 2.66. The fourth-order valence-corrected chi connectivity index (χ4v) is 3.31. The summed E-state index contributed by atoms with van der Waals surface area (Å²) in [6.07, 6.45) is 3.41. The van der Waals surface area contributed by atoms with E-state index in [0.717, 1.165) is 48.5 Å². The predicted molar refractivity (Wildman–Crippen MR) is 112 cm³/mol. The molecule has 0 radical (unpaired) electrons. The number of methoxy groups -OCH3 is 1. The van der Waals surface area contributed by atoms with Gasteiger partial charge in [-0.25, -0.2) is 0 Å². The number of thiocarbonyl (C=S) groups is 1. The van der Waals surface area contributed by atoms with Crippen molar-refractivity contribution in [1.82, 2.24) is 10.2 Å². The molecule has 142 valence electrons. The van der Waals surface area contributed by atoms with Gasteiger partial charge in [-0.2, -0.15) is 0 Å². The zero-order valence-electron chi connectivity index (χ0n) is 15.5. The maximum absolute atomic E-state index is 12.5. The molecule has 5 nitrogen and oxygen atoms in total. The van der Waals surface area contributed by atoms with Gasteiger partial charge in [0.1, 0.15) is 5.75 Å². The largest absolute Gasteiger partial charge is 0.497 e. The summed E-state index contributed by atoms with van der Waals surface area (Å²) < 4.78 is 5.22. The summed E-state index contributed by atoms with van der Waals surface area (Å²) in [5.74, 6) is 0.933. The number of likely N-dealkylation sites (tertiary alicyclic amines) is 1. The Labute approximate surface area is 165 Å². The van der Waals surface area contributed by atoms with Crippen LogP contribution in [0.25, 0.3) is 0 Å². The van der Waals surface area contributed by atoms with Crippen LogP contribution in [0.5, 0.6) is 5.75 Å². The minimum absolute atomic E-state index is 0.111. The van der Waals surface area contributed by atoms with E-state index in [-0.39, 0.29) is 5.91 Å². The summed E-state index contributed by atoms with van der Waals surface area (Å²) >= 11 is 5.35. The SMILES string of the molecule is COc1cccc(CNC(=S)Nc2ccc(C(=O)N3CCCCC3)cc2)c1. The van der Waals surface area contributed by atoms with Gasteiger partial charge in [0, 0.05) is 30.9 Å². The number of hydrogen-bond donors (Lipinski definition) is 2. The molecule has 0 atom stereocenters. The van der Waals surface area contributed by atoms with E-state index in [9.17, 15) is 4.79 Å². The van der Waals surface area contributed by atoms with Gasteiger partial charge < -0.3 is 20.3 Å². The smallest absolute Gasteiger partial charge is 0.253 e. The maximum Gasteiger partial charge on any atom is 0.253 e. The van der Waals surface area contributed by atoms with Crippen molar-refractivity contribution in [2.75, 3.05) is 25.5 Å². The number of rotatable bonds is 5. The second-order valence-corrected chi connectivity index (χ2v) is 7.00. The highest BCUT2D eigenvalue weighted by Gasteiger charge is 2.17. The first-order chi connectivity index (χ1) is 13.2.